The molecular weight excluding hydrogens is 270 g/mol. The van der Waals surface area contributed by atoms with Crippen LogP contribution in [0.4, 0.5) is 0 Å². The second-order valence-electron chi connectivity index (χ2n) is 5.22. The van der Waals surface area contributed by atoms with Crippen molar-refractivity contribution in [1.29, 1.82) is 0 Å². The molecule has 4 heteroatoms. The largest absolute Gasteiger partial charge is 0.265 e. The van der Waals surface area contributed by atoms with Crippen LogP contribution in [-0.4, -0.2) is 18.7 Å². The predicted molar refractivity (Wildman–Crippen MR) is 79.1 cm³/mol. The Kier molecular flexibility index (Phi) is 3.57. The zero-order valence-corrected chi connectivity index (χ0v) is 12.0. The summed E-state index contributed by atoms with van der Waals surface area (Å²) in [4.78, 5) is 4.43. The van der Waals surface area contributed by atoms with Gasteiger partial charge in [0.15, 0.2) is 9.84 Å². The monoisotopic (exact) mass is 287 g/mol. The van der Waals surface area contributed by atoms with Crippen LogP contribution in [0.1, 0.15) is 25.7 Å². The Morgan fingerprint density at radius 1 is 0.950 bits per heavy atom. The lowest BCUT2D eigenvalue weighted by Gasteiger charge is -2.12. The van der Waals surface area contributed by atoms with Crippen molar-refractivity contribution in [2.75, 3.05) is 0 Å². The maximum atomic E-state index is 12.6. The molecule has 0 spiro atoms. The van der Waals surface area contributed by atoms with Crippen LogP contribution in [0.2, 0.25) is 0 Å². The molecule has 0 unspecified atom stereocenters. The molecule has 1 aliphatic carbocycles. The van der Waals surface area contributed by atoms with Gasteiger partial charge in [-0.2, -0.15) is 0 Å². The van der Waals surface area contributed by atoms with E-state index in [0.717, 1.165) is 36.8 Å². The third-order valence-corrected chi connectivity index (χ3v) is 6.18. The number of hydrogen-bond donors (Lipinski definition) is 0. The molecule has 2 aromatic rings. The molecule has 0 saturated heterocycles. The van der Waals surface area contributed by atoms with Gasteiger partial charge < -0.3 is 0 Å². The third kappa shape index (κ3) is 2.48. The summed E-state index contributed by atoms with van der Waals surface area (Å²) in [6.07, 6.45) is 7.06. The van der Waals surface area contributed by atoms with Crippen molar-refractivity contribution in [1.82, 2.24) is 4.98 Å². The second kappa shape index (κ2) is 5.37. The SMILES string of the molecule is O=S(=O)(c1cccc(-c2ccncc2)c1)C1CCCC1. The van der Waals surface area contributed by atoms with Crippen LogP contribution in [0.3, 0.4) is 0 Å². The molecule has 1 aromatic heterocycles. The topological polar surface area (TPSA) is 47.0 Å². The molecule has 104 valence electrons. The number of pyridine rings is 1. The fourth-order valence-corrected chi connectivity index (χ4v) is 4.69. The van der Waals surface area contributed by atoms with Gasteiger partial charge in [-0.25, -0.2) is 8.42 Å². The fraction of sp³-hybridized carbons (Fsp3) is 0.312. The van der Waals surface area contributed by atoms with Gasteiger partial charge in [0.25, 0.3) is 0 Å². The highest BCUT2D eigenvalue weighted by Gasteiger charge is 2.30. The molecule has 1 heterocycles. The second-order valence-corrected chi connectivity index (χ2v) is 7.44. The fourth-order valence-electron chi connectivity index (χ4n) is 2.79. The first kappa shape index (κ1) is 13.3. The van der Waals surface area contributed by atoms with Crippen LogP contribution in [-0.2, 0) is 9.84 Å². The van der Waals surface area contributed by atoms with Crippen molar-refractivity contribution in [3.05, 3.63) is 48.8 Å². The zero-order chi connectivity index (χ0) is 14.0. The molecule has 0 amide bonds. The summed E-state index contributed by atoms with van der Waals surface area (Å²) in [6.45, 7) is 0. The lowest BCUT2D eigenvalue weighted by Crippen LogP contribution is -2.17. The number of benzene rings is 1. The quantitative estimate of drug-likeness (QED) is 0.868. The molecule has 1 fully saturated rings. The lowest BCUT2D eigenvalue weighted by molar-refractivity contribution is 0.579. The van der Waals surface area contributed by atoms with Gasteiger partial charge in [-0.05, 0) is 48.2 Å². The van der Waals surface area contributed by atoms with E-state index in [4.69, 9.17) is 0 Å². The standard InChI is InChI=1S/C16H17NO2S/c18-20(19,15-5-1-2-6-15)16-7-3-4-14(12-16)13-8-10-17-11-9-13/h3-4,7-12,15H,1-2,5-6H2. The minimum Gasteiger partial charge on any atom is -0.265 e. The number of nitrogens with zero attached hydrogens (tertiary/aromatic N) is 1. The number of rotatable bonds is 3. The van der Waals surface area contributed by atoms with Crippen molar-refractivity contribution in [2.24, 2.45) is 0 Å². The van der Waals surface area contributed by atoms with E-state index in [1.54, 1.807) is 24.5 Å². The molecule has 1 saturated carbocycles. The number of sulfone groups is 1. The highest BCUT2D eigenvalue weighted by atomic mass is 32.2. The summed E-state index contributed by atoms with van der Waals surface area (Å²) in [5, 5.41) is -0.199. The first-order valence-corrected chi connectivity index (χ1v) is 8.47. The smallest absolute Gasteiger partial charge is 0.181 e. The number of aromatic nitrogens is 1. The van der Waals surface area contributed by atoms with Gasteiger partial charge in [0, 0.05) is 12.4 Å². The first-order valence-electron chi connectivity index (χ1n) is 6.92. The number of hydrogen-bond acceptors (Lipinski definition) is 3. The Bertz CT molecular complexity index is 689. The molecule has 0 bridgehead atoms. The Labute approximate surface area is 119 Å². The Hall–Kier alpha value is -1.68. The Balaban J connectivity index is 1.99. The summed E-state index contributed by atoms with van der Waals surface area (Å²) < 4.78 is 25.2. The van der Waals surface area contributed by atoms with E-state index in [9.17, 15) is 8.42 Å². The van der Waals surface area contributed by atoms with Crippen LogP contribution in [0.15, 0.2) is 53.7 Å². The summed E-state index contributed by atoms with van der Waals surface area (Å²) in [5.74, 6) is 0. The van der Waals surface area contributed by atoms with Gasteiger partial charge in [0.1, 0.15) is 0 Å². The van der Waals surface area contributed by atoms with E-state index in [0.29, 0.717) is 4.90 Å². The maximum absolute atomic E-state index is 12.6. The van der Waals surface area contributed by atoms with Crippen LogP contribution < -0.4 is 0 Å². The summed E-state index contributed by atoms with van der Waals surface area (Å²) >= 11 is 0. The van der Waals surface area contributed by atoms with Crippen LogP contribution in [0, 0.1) is 0 Å². The lowest BCUT2D eigenvalue weighted by atomic mass is 10.1. The van der Waals surface area contributed by atoms with E-state index in [1.165, 1.54) is 0 Å². The molecule has 20 heavy (non-hydrogen) atoms. The average molecular weight is 287 g/mol. The van der Waals surface area contributed by atoms with E-state index >= 15 is 0 Å². The van der Waals surface area contributed by atoms with Gasteiger partial charge in [0.05, 0.1) is 10.1 Å². The van der Waals surface area contributed by atoms with Crippen molar-refractivity contribution in [3.8, 4) is 11.1 Å². The zero-order valence-electron chi connectivity index (χ0n) is 11.2. The van der Waals surface area contributed by atoms with E-state index in [2.05, 4.69) is 4.98 Å². The normalized spacial score (nSPS) is 16.4. The van der Waals surface area contributed by atoms with Crippen molar-refractivity contribution in [2.45, 2.75) is 35.8 Å². The van der Waals surface area contributed by atoms with Crippen molar-refractivity contribution < 1.29 is 8.42 Å². The van der Waals surface area contributed by atoms with Gasteiger partial charge in [-0.1, -0.05) is 25.0 Å². The Morgan fingerprint density at radius 3 is 2.35 bits per heavy atom. The molecule has 0 atom stereocenters. The first-order chi connectivity index (χ1) is 9.68. The van der Waals surface area contributed by atoms with Crippen LogP contribution >= 0.6 is 0 Å². The van der Waals surface area contributed by atoms with E-state index < -0.39 is 9.84 Å². The molecule has 1 aromatic carbocycles. The van der Waals surface area contributed by atoms with E-state index in [-0.39, 0.29) is 5.25 Å². The molecule has 0 aliphatic heterocycles. The molecule has 0 N–H and O–H groups in total. The molecule has 1 aliphatic rings. The van der Waals surface area contributed by atoms with Crippen molar-refractivity contribution >= 4 is 9.84 Å². The van der Waals surface area contributed by atoms with Crippen LogP contribution in [0.5, 0.6) is 0 Å². The molecule has 0 radical (unpaired) electrons. The Morgan fingerprint density at radius 2 is 1.65 bits per heavy atom. The average Bonchev–Trinajstić information content (AvgIpc) is 3.03. The minimum atomic E-state index is -3.18. The maximum Gasteiger partial charge on any atom is 0.181 e. The van der Waals surface area contributed by atoms with Gasteiger partial charge >= 0.3 is 0 Å². The third-order valence-electron chi connectivity index (χ3n) is 3.92. The molecule has 3 rings (SSSR count). The summed E-state index contributed by atoms with van der Waals surface area (Å²) in [7, 11) is -3.18. The van der Waals surface area contributed by atoms with Gasteiger partial charge in [-0.15, -0.1) is 0 Å². The summed E-state index contributed by atoms with van der Waals surface area (Å²) in [5.41, 5.74) is 1.91. The highest BCUT2D eigenvalue weighted by molar-refractivity contribution is 7.92. The minimum absolute atomic E-state index is 0.199. The van der Waals surface area contributed by atoms with Crippen LogP contribution in [0.25, 0.3) is 11.1 Å². The summed E-state index contributed by atoms with van der Waals surface area (Å²) in [6, 6.07) is 11.0. The van der Waals surface area contributed by atoms with Gasteiger partial charge in [-0.3, -0.25) is 4.98 Å². The predicted octanol–water partition coefficient (Wildman–Crippen LogP) is 3.46. The van der Waals surface area contributed by atoms with Crippen molar-refractivity contribution in [3.63, 3.8) is 0 Å². The molecular formula is C16H17NO2S. The van der Waals surface area contributed by atoms with E-state index in [1.807, 2.05) is 24.3 Å². The van der Waals surface area contributed by atoms with Gasteiger partial charge in [0.2, 0.25) is 0 Å². The molecule has 3 nitrogen and oxygen atoms in total. The highest BCUT2D eigenvalue weighted by Crippen LogP contribution is 2.31.